The summed E-state index contributed by atoms with van der Waals surface area (Å²) in [6, 6.07) is 11.2. The van der Waals surface area contributed by atoms with Gasteiger partial charge in [-0.25, -0.2) is 13.1 Å². The van der Waals surface area contributed by atoms with E-state index in [9.17, 15) is 18.3 Å². The number of amides is 1. The fourth-order valence-electron chi connectivity index (χ4n) is 8.48. The molecular weight excluding hydrogens is 662 g/mol. The highest BCUT2D eigenvalue weighted by molar-refractivity contribution is 7.90. The highest BCUT2D eigenvalue weighted by Crippen LogP contribution is 2.46. The Morgan fingerprint density at radius 2 is 1.80 bits per heavy atom. The van der Waals surface area contributed by atoms with Crippen molar-refractivity contribution in [1.82, 2.24) is 9.62 Å². The van der Waals surface area contributed by atoms with E-state index in [1.54, 1.807) is 32.2 Å². The minimum absolute atomic E-state index is 0.123. The number of carbonyl (C=O) groups excluding carboxylic acids is 1. The van der Waals surface area contributed by atoms with Gasteiger partial charge in [0, 0.05) is 50.4 Å². The van der Waals surface area contributed by atoms with Gasteiger partial charge in [0.05, 0.1) is 22.6 Å². The molecular formula is C38H54ClN3O6S. The molecule has 0 aromatic heterocycles. The molecule has 1 saturated heterocycles. The fourth-order valence-corrected chi connectivity index (χ4v) is 9.99. The van der Waals surface area contributed by atoms with Crippen molar-refractivity contribution in [3.8, 4) is 5.75 Å². The first-order valence-corrected chi connectivity index (χ1v) is 20.2. The minimum atomic E-state index is -3.94. The van der Waals surface area contributed by atoms with Crippen molar-refractivity contribution in [1.29, 1.82) is 0 Å². The van der Waals surface area contributed by atoms with Gasteiger partial charge in [0.25, 0.3) is 5.91 Å². The van der Waals surface area contributed by atoms with Crippen LogP contribution in [0.5, 0.6) is 5.75 Å². The highest BCUT2D eigenvalue weighted by atomic mass is 35.5. The first-order chi connectivity index (χ1) is 23.5. The molecule has 270 valence electrons. The van der Waals surface area contributed by atoms with Crippen molar-refractivity contribution in [2.45, 2.75) is 102 Å². The first-order valence-electron chi connectivity index (χ1n) is 18.3. The molecule has 3 aliphatic heterocycles. The maximum absolute atomic E-state index is 13.5. The van der Waals surface area contributed by atoms with Crippen LogP contribution in [0.2, 0.25) is 5.02 Å². The summed E-state index contributed by atoms with van der Waals surface area (Å²) in [5.41, 5.74) is 2.44. The van der Waals surface area contributed by atoms with E-state index >= 15 is 0 Å². The Kier molecular flexibility index (Phi) is 11.5. The number of hydrogen-bond donors (Lipinski definition) is 2. The molecule has 2 N–H and O–H groups in total. The number of halogens is 1. The van der Waals surface area contributed by atoms with Crippen LogP contribution in [0.25, 0.3) is 0 Å². The summed E-state index contributed by atoms with van der Waals surface area (Å²) in [6.45, 7) is 7.85. The number of anilines is 1. The Balaban J connectivity index is 1.35. The average Bonchev–Trinajstić information content (AvgIpc) is 3.09. The number of sulfonamides is 1. The van der Waals surface area contributed by atoms with Crippen molar-refractivity contribution in [2.24, 2.45) is 17.8 Å². The third-order valence-corrected chi connectivity index (χ3v) is 14.1. The lowest BCUT2D eigenvalue weighted by Crippen LogP contribution is -2.57. The number of rotatable bonds is 3. The number of methoxy groups -OCH3 is 1. The Morgan fingerprint density at radius 1 is 1.00 bits per heavy atom. The number of aliphatic hydroxyl groups is 1. The number of hydrogen-bond acceptors (Lipinski definition) is 8. The largest absolute Gasteiger partial charge is 0.487 e. The molecule has 4 aliphatic rings. The van der Waals surface area contributed by atoms with Crippen molar-refractivity contribution in [3.63, 3.8) is 0 Å². The third kappa shape index (κ3) is 8.41. The van der Waals surface area contributed by atoms with Crippen LogP contribution in [0.3, 0.4) is 0 Å². The van der Waals surface area contributed by atoms with Gasteiger partial charge >= 0.3 is 0 Å². The van der Waals surface area contributed by atoms with E-state index in [0.717, 1.165) is 82.4 Å². The van der Waals surface area contributed by atoms with Crippen LogP contribution < -0.4 is 14.4 Å². The number of carbonyl (C=O) groups is 1. The maximum atomic E-state index is 13.5. The van der Waals surface area contributed by atoms with Gasteiger partial charge in [0.1, 0.15) is 12.4 Å². The van der Waals surface area contributed by atoms with Crippen LogP contribution in [0, 0.1) is 17.8 Å². The average molecular weight is 716 g/mol. The Labute approximate surface area is 297 Å². The molecule has 0 unspecified atom stereocenters. The smallest absolute Gasteiger partial charge is 0.264 e. The van der Waals surface area contributed by atoms with Crippen LogP contribution in [0.1, 0.15) is 93.1 Å². The van der Waals surface area contributed by atoms with E-state index in [0.29, 0.717) is 43.2 Å². The van der Waals surface area contributed by atoms with Gasteiger partial charge < -0.3 is 24.4 Å². The van der Waals surface area contributed by atoms with Crippen molar-refractivity contribution in [3.05, 3.63) is 58.1 Å². The zero-order valence-corrected chi connectivity index (χ0v) is 30.9. The van der Waals surface area contributed by atoms with E-state index in [-0.39, 0.29) is 29.4 Å². The summed E-state index contributed by atoms with van der Waals surface area (Å²) in [4.78, 5) is 18.2. The van der Waals surface area contributed by atoms with Crippen LogP contribution in [-0.4, -0.2) is 81.1 Å². The molecule has 9 nitrogen and oxygen atoms in total. The highest BCUT2D eigenvalue weighted by Gasteiger charge is 2.48. The number of β-amino-alcohol motifs (C(OH)–C–C–N with tert-alkyl or cyclic N) is 1. The zero-order chi connectivity index (χ0) is 34.8. The molecule has 5 atom stereocenters. The number of piperidine rings is 1. The Hall–Kier alpha value is -2.37. The second kappa shape index (κ2) is 15.5. The molecule has 2 fully saturated rings. The predicted octanol–water partition coefficient (Wildman–Crippen LogP) is 6.20. The molecule has 11 heteroatoms. The molecule has 6 rings (SSSR count). The number of fused-ring (bicyclic) bond motifs is 3. The van der Waals surface area contributed by atoms with Crippen molar-refractivity contribution in [2.75, 3.05) is 44.7 Å². The SMILES string of the molecule is COC1CCN(C[C@@]2(O)CCC[C@H](C)[C@@H](C)S(=O)(=O)NC(=O)c3ccc4c(c3)N(CCCCc3cc(Cl)ccc3CO4)C[C@@H]3CC[C@H]32)CC1. The van der Waals surface area contributed by atoms with Crippen molar-refractivity contribution < 1.29 is 27.8 Å². The summed E-state index contributed by atoms with van der Waals surface area (Å²) in [5, 5.41) is 12.6. The molecule has 2 aromatic rings. The minimum Gasteiger partial charge on any atom is -0.487 e. The van der Waals surface area contributed by atoms with Gasteiger partial charge in [0.15, 0.2) is 0 Å². The summed E-state index contributed by atoms with van der Waals surface area (Å²) >= 11 is 6.37. The summed E-state index contributed by atoms with van der Waals surface area (Å²) in [5.74, 6) is 0.231. The summed E-state index contributed by atoms with van der Waals surface area (Å²) < 4.78 is 41.4. The van der Waals surface area contributed by atoms with Crippen molar-refractivity contribution >= 4 is 33.2 Å². The van der Waals surface area contributed by atoms with Gasteiger partial charge in [-0.3, -0.25) is 4.79 Å². The number of likely N-dealkylation sites (tertiary alicyclic amines) is 1. The lowest BCUT2D eigenvalue weighted by molar-refractivity contribution is -0.111. The number of nitrogens with zero attached hydrogens (tertiary/aromatic N) is 2. The van der Waals surface area contributed by atoms with Crippen LogP contribution in [-0.2, 0) is 27.8 Å². The Bertz CT molecular complexity index is 1580. The van der Waals surface area contributed by atoms with E-state index in [1.807, 2.05) is 25.1 Å². The molecule has 1 amide bonds. The fraction of sp³-hybridized carbons (Fsp3) is 0.658. The normalized spacial score (nSPS) is 30.5. The van der Waals surface area contributed by atoms with Gasteiger partial charge in [-0.2, -0.15) is 0 Å². The monoisotopic (exact) mass is 715 g/mol. The van der Waals surface area contributed by atoms with Crippen LogP contribution in [0.4, 0.5) is 5.69 Å². The van der Waals surface area contributed by atoms with Gasteiger partial charge in [-0.1, -0.05) is 31.0 Å². The second-order valence-electron chi connectivity index (χ2n) is 15.1. The molecule has 0 spiro atoms. The third-order valence-electron chi connectivity index (χ3n) is 12.0. The van der Waals surface area contributed by atoms with Gasteiger partial charge in [-0.05, 0) is 124 Å². The van der Waals surface area contributed by atoms with E-state index in [2.05, 4.69) is 14.5 Å². The zero-order valence-electron chi connectivity index (χ0n) is 29.3. The lowest BCUT2D eigenvalue weighted by atomic mass is 9.62. The molecule has 2 aromatic carbocycles. The quantitative estimate of drug-likeness (QED) is 0.387. The molecule has 49 heavy (non-hydrogen) atoms. The molecule has 2 bridgehead atoms. The van der Waals surface area contributed by atoms with E-state index in [4.69, 9.17) is 21.1 Å². The predicted molar refractivity (Wildman–Crippen MR) is 194 cm³/mol. The second-order valence-corrected chi connectivity index (χ2v) is 17.6. The maximum Gasteiger partial charge on any atom is 0.264 e. The summed E-state index contributed by atoms with van der Waals surface area (Å²) in [7, 11) is -2.16. The van der Waals surface area contributed by atoms with Crippen LogP contribution in [0.15, 0.2) is 36.4 Å². The molecule has 3 heterocycles. The number of nitrogens with one attached hydrogen (secondary N) is 1. The number of ether oxygens (including phenoxy) is 2. The molecule has 0 radical (unpaired) electrons. The molecule has 1 aliphatic carbocycles. The summed E-state index contributed by atoms with van der Waals surface area (Å²) in [6.07, 6.45) is 8.93. The van der Waals surface area contributed by atoms with Gasteiger partial charge in [0.2, 0.25) is 10.0 Å². The van der Waals surface area contributed by atoms with E-state index in [1.165, 1.54) is 5.56 Å². The molecule has 1 saturated carbocycles. The van der Waals surface area contributed by atoms with Crippen LogP contribution >= 0.6 is 11.6 Å². The lowest BCUT2D eigenvalue weighted by Gasteiger charge is -2.51. The van der Waals surface area contributed by atoms with E-state index < -0.39 is 26.8 Å². The first kappa shape index (κ1) is 36.4. The Morgan fingerprint density at radius 3 is 2.53 bits per heavy atom. The number of benzene rings is 2. The number of aryl methyl sites for hydroxylation is 1. The standard InChI is InChI=1S/C38H54ClN3O6S/c1-26-7-6-17-38(44,25-41-19-15-33(47-3)16-20-41)34-13-10-30(34)23-42-18-5-4-8-28-21-32(39)12-9-31(28)24-48-36-14-11-29(22-35(36)42)37(43)40-49(45,46)27(26)2/h9,11-12,14,21-22,26-27,30,33-34,44H,4-8,10,13,15-20,23-25H2,1-3H3,(H,40,43)/t26-,27+,30-,34+,38-/m0/s1. The topological polar surface area (TPSA) is 108 Å². The van der Waals surface area contributed by atoms with Gasteiger partial charge in [-0.15, -0.1) is 0 Å².